The number of rotatable bonds is 5. The number of aryl methyl sites for hydroxylation is 3. The molecule has 0 amide bonds. The van der Waals surface area contributed by atoms with Crippen molar-refractivity contribution in [2.24, 2.45) is 0 Å². The summed E-state index contributed by atoms with van der Waals surface area (Å²) in [4.78, 5) is 2.62. The topological polar surface area (TPSA) is 15.3 Å². The van der Waals surface area contributed by atoms with Crippen LogP contribution in [0.2, 0.25) is 0 Å². The second-order valence-corrected chi connectivity index (χ2v) is 8.88. The molecule has 1 fully saturated rings. The van der Waals surface area contributed by atoms with Crippen LogP contribution in [0.1, 0.15) is 40.7 Å². The first-order chi connectivity index (χ1) is 14.5. The summed E-state index contributed by atoms with van der Waals surface area (Å²) in [5, 5.41) is 3.52. The van der Waals surface area contributed by atoms with Gasteiger partial charge < -0.3 is 10.2 Å². The van der Waals surface area contributed by atoms with Crippen LogP contribution in [0.25, 0.3) is 11.1 Å². The summed E-state index contributed by atoms with van der Waals surface area (Å²) in [5.74, 6) is 0. The van der Waals surface area contributed by atoms with E-state index in [-0.39, 0.29) is 12.4 Å². The molecular formula is C28H35ClN2. The Labute approximate surface area is 194 Å². The van der Waals surface area contributed by atoms with Gasteiger partial charge in [-0.15, -0.1) is 12.4 Å². The van der Waals surface area contributed by atoms with Gasteiger partial charge in [-0.2, -0.15) is 0 Å². The standard InChI is InChI=1S/C28H34N2.ClH/c1-20-7-5-10-28(15-20)30(27-11-13-29-14-12-27)19-24-8-6-9-25(18-24)26-16-21(2)23(4)22(3)17-26;/h5-10,15-18,27,29H,11-14,19H2,1-4H3;1H. The third-order valence-electron chi connectivity index (χ3n) is 6.62. The largest absolute Gasteiger partial charge is 0.364 e. The molecule has 164 valence electrons. The average molecular weight is 435 g/mol. The van der Waals surface area contributed by atoms with Crippen LogP contribution in [0.4, 0.5) is 5.69 Å². The summed E-state index contributed by atoms with van der Waals surface area (Å²) in [7, 11) is 0. The fourth-order valence-electron chi connectivity index (χ4n) is 4.60. The monoisotopic (exact) mass is 434 g/mol. The van der Waals surface area contributed by atoms with Crippen LogP contribution >= 0.6 is 12.4 Å². The van der Waals surface area contributed by atoms with Crippen molar-refractivity contribution in [3.05, 3.63) is 88.5 Å². The Kier molecular flexibility index (Phi) is 7.80. The van der Waals surface area contributed by atoms with Gasteiger partial charge in [-0.05, 0) is 111 Å². The first-order valence-electron chi connectivity index (χ1n) is 11.2. The van der Waals surface area contributed by atoms with Crippen molar-refractivity contribution in [3.8, 4) is 11.1 Å². The van der Waals surface area contributed by atoms with Crippen LogP contribution < -0.4 is 10.2 Å². The van der Waals surface area contributed by atoms with E-state index >= 15 is 0 Å². The molecule has 3 heteroatoms. The summed E-state index contributed by atoms with van der Waals surface area (Å²) < 4.78 is 0. The average Bonchev–Trinajstić information content (AvgIpc) is 2.76. The van der Waals surface area contributed by atoms with E-state index in [4.69, 9.17) is 0 Å². The number of hydrogen-bond donors (Lipinski definition) is 1. The highest BCUT2D eigenvalue weighted by Gasteiger charge is 2.22. The number of piperidine rings is 1. The second-order valence-electron chi connectivity index (χ2n) is 8.88. The molecule has 4 rings (SSSR count). The zero-order chi connectivity index (χ0) is 21.1. The lowest BCUT2D eigenvalue weighted by atomic mass is 9.95. The summed E-state index contributed by atoms with van der Waals surface area (Å²) in [6.45, 7) is 12.0. The Balaban J connectivity index is 0.00000272. The van der Waals surface area contributed by atoms with E-state index in [9.17, 15) is 0 Å². The highest BCUT2D eigenvalue weighted by atomic mass is 35.5. The third-order valence-corrected chi connectivity index (χ3v) is 6.62. The Morgan fingerprint density at radius 3 is 2.16 bits per heavy atom. The molecule has 3 aromatic rings. The maximum absolute atomic E-state index is 3.52. The maximum atomic E-state index is 3.52. The molecule has 1 heterocycles. The van der Waals surface area contributed by atoms with Gasteiger partial charge in [0.2, 0.25) is 0 Å². The zero-order valence-corrected chi connectivity index (χ0v) is 20.1. The Hall–Kier alpha value is -2.29. The lowest BCUT2D eigenvalue weighted by molar-refractivity contribution is 0.428. The van der Waals surface area contributed by atoms with E-state index < -0.39 is 0 Å². The van der Waals surface area contributed by atoms with E-state index in [0.717, 1.165) is 19.6 Å². The van der Waals surface area contributed by atoms with Gasteiger partial charge in [0.05, 0.1) is 0 Å². The number of nitrogens with zero attached hydrogens (tertiary/aromatic N) is 1. The van der Waals surface area contributed by atoms with E-state index in [0.29, 0.717) is 6.04 Å². The van der Waals surface area contributed by atoms with Crippen LogP contribution in [-0.2, 0) is 6.54 Å². The smallest absolute Gasteiger partial charge is 0.0432 e. The molecule has 0 spiro atoms. The predicted octanol–water partition coefficient (Wildman–Crippen LogP) is 6.77. The van der Waals surface area contributed by atoms with Crippen molar-refractivity contribution in [2.45, 2.75) is 53.1 Å². The van der Waals surface area contributed by atoms with Gasteiger partial charge in [-0.1, -0.05) is 42.5 Å². The summed E-state index contributed by atoms with van der Waals surface area (Å²) in [6, 6.07) is 23.3. The van der Waals surface area contributed by atoms with Crippen molar-refractivity contribution in [1.82, 2.24) is 5.32 Å². The lowest BCUT2D eigenvalue weighted by Crippen LogP contribution is -2.43. The van der Waals surface area contributed by atoms with Gasteiger partial charge in [-0.3, -0.25) is 0 Å². The molecule has 0 radical (unpaired) electrons. The SMILES string of the molecule is Cc1cccc(N(Cc2cccc(-c3cc(C)c(C)c(C)c3)c2)C2CCNCC2)c1.Cl. The lowest BCUT2D eigenvalue weighted by Gasteiger charge is -2.37. The van der Waals surface area contributed by atoms with Gasteiger partial charge in [0.15, 0.2) is 0 Å². The van der Waals surface area contributed by atoms with Crippen LogP contribution in [0.15, 0.2) is 60.7 Å². The van der Waals surface area contributed by atoms with Gasteiger partial charge in [0.25, 0.3) is 0 Å². The number of halogens is 1. The van der Waals surface area contributed by atoms with Crippen molar-refractivity contribution < 1.29 is 0 Å². The summed E-state index contributed by atoms with van der Waals surface area (Å²) in [5.41, 5.74) is 10.8. The molecule has 1 N–H and O–H groups in total. The molecule has 0 unspecified atom stereocenters. The molecule has 1 aliphatic heterocycles. The zero-order valence-electron chi connectivity index (χ0n) is 19.2. The van der Waals surface area contributed by atoms with Crippen molar-refractivity contribution in [2.75, 3.05) is 18.0 Å². The van der Waals surface area contributed by atoms with Gasteiger partial charge in [-0.25, -0.2) is 0 Å². The normalized spacial score (nSPS) is 14.2. The number of hydrogen-bond acceptors (Lipinski definition) is 2. The molecule has 1 aliphatic rings. The molecule has 31 heavy (non-hydrogen) atoms. The van der Waals surface area contributed by atoms with E-state index in [1.54, 1.807) is 0 Å². The maximum Gasteiger partial charge on any atom is 0.0432 e. The fourth-order valence-corrected chi connectivity index (χ4v) is 4.60. The second kappa shape index (κ2) is 10.3. The Morgan fingerprint density at radius 1 is 0.806 bits per heavy atom. The van der Waals surface area contributed by atoms with Gasteiger partial charge in [0.1, 0.15) is 0 Å². The van der Waals surface area contributed by atoms with Crippen molar-refractivity contribution >= 4 is 18.1 Å². The van der Waals surface area contributed by atoms with E-state index in [2.05, 4.69) is 98.6 Å². The van der Waals surface area contributed by atoms with Crippen molar-refractivity contribution in [3.63, 3.8) is 0 Å². The van der Waals surface area contributed by atoms with Crippen LogP contribution in [-0.4, -0.2) is 19.1 Å². The van der Waals surface area contributed by atoms with Crippen LogP contribution in [0, 0.1) is 27.7 Å². The first kappa shape index (κ1) is 23.4. The van der Waals surface area contributed by atoms with E-state index in [1.807, 2.05) is 0 Å². The number of benzene rings is 3. The molecule has 0 saturated carbocycles. The summed E-state index contributed by atoms with van der Waals surface area (Å²) in [6.07, 6.45) is 2.40. The minimum atomic E-state index is 0. The third kappa shape index (κ3) is 5.50. The molecule has 2 nitrogen and oxygen atoms in total. The number of nitrogens with one attached hydrogen (secondary N) is 1. The first-order valence-corrected chi connectivity index (χ1v) is 11.2. The molecule has 1 saturated heterocycles. The van der Waals surface area contributed by atoms with Crippen LogP contribution in [0.5, 0.6) is 0 Å². The highest BCUT2D eigenvalue weighted by molar-refractivity contribution is 5.85. The highest BCUT2D eigenvalue weighted by Crippen LogP contribution is 2.29. The fraction of sp³-hybridized carbons (Fsp3) is 0.357. The van der Waals surface area contributed by atoms with Crippen LogP contribution in [0.3, 0.4) is 0 Å². The molecule has 0 bridgehead atoms. The van der Waals surface area contributed by atoms with Crippen molar-refractivity contribution in [1.29, 1.82) is 0 Å². The summed E-state index contributed by atoms with van der Waals surface area (Å²) >= 11 is 0. The molecular weight excluding hydrogens is 400 g/mol. The Morgan fingerprint density at radius 2 is 1.48 bits per heavy atom. The molecule has 0 aromatic heterocycles. The molecule has 0 aliphatic carbocycles. The predicted molar refractivity (Wildman–Crippen MR) is 137 cm³/mol. The van der Waals surface area contributed by atoms with Gasteiger partial charge in [0, 0.05) is 18.3 Å². The number of anilines is 1. The molecule has 0 atom stereocenters. The minimum Gasteiger partial charge on any atom is -0.364 e. The molecule has 3 aromatic carbocycles. The van der Waals surface area contributed by atoms with Gasteiger partial charge >= 0.3 is 0 Å². The quantitative estimate of drug-likeness (QED) is 0.476. The Bertz CT molecular complexity index is 998. The minimum absolute atomic E-state index is 0. The van der Waals surface area contributed by atoms with E-state index in [1.165, 1.54) is 57.5 Å².